The zero-order valence-electron chi connectivity index (χ0n) is 21.4. The number of carbonyl (C=O) groups excluding carboxylic acids is 1. The SMILES string of the molecule is C.COc1ccccc1[C@H](CO)OC1CCOCC1.COc1ccccc1[C@H]1OC2(CCOCC2)OC1=O. The van der Waals surface area contributed by atoms with E-state index in [1.807, 2.05) is 42.5 Å². The van der Waals surface area contributed by atoms with Gasteiger partial charge in [-0.1, -0.05) is 43.8 Å². The lowest BCUT2D eigenvalue weighted by molar-refractivity contribution is -0.212. The number of hydrogen-bond acceptors (Lipinski definition) is 9. The van der Waals surface area contributed by atoms with Crippen LogP contribution in [0.25, 0.3) is 0 Å². The first-order valence-corrected chi connectivity index (χ1v) is 12.7. The Morgan fingerprint density at radius 3 is 2.18 bits per heavy atom. The molecule has 1 N–H and O–H groups in total. The summed E-state index contributed by atoms with van der Waals surface area (Å²) in [7, 11) is 3.20. The minimum absolute atomic E-state index is 0. The van der Waals surface area contributed by atoms with Crippen LogP contribution in [0.5, 0.6) is 11.5 Å². The summed E-state index contributed by atoms with van der Waals surface area (Å²) in [6, 6.07) is 15.0. The monoisotopic (exact) mass is 532 g/mol. The summed E-state index contributed by atoms with van der Waals surface area (Å²) in [6.07, 6.45) is 2.02. The summed E-state index contributed by atoms with van der Waals surface area (Å²) in [5.74, 6) is 0.212. The van der Waals surface area contributed by atoms with Gasteiger partial charge in [-0.2, -0.15) is 0 Å². The highest BCUT2D eigenvalue weighted by molar-refractivity contribution is 5.79. The van der Waals surface area contributed by atoms with Gasteiger partial charge in [0, 0.05) is 37.2 Å². The van der Waals surface area contributed by atoms with Crippen LogP contribution in [-0.2, 0) is 28.5 Å². The topological polar surface area (TPSA) is 102 Å². The van der Waals surface area contributed by atoms with E-state index in [0.717, 1.165) is 37.4 Å². The highest BCUT2D eigenvalue weighted by atomic mass is 16.8. The minimum Gasteiger partial charge on any atom is -0.496 e. The van der Waals surface area contributed by atoms with Crippen LogP contribution in [-0.4, -0.2) is 70.2 Å². The van der Waals surface area contributed by atoms with Crippen molar-refractivity contribution in [3.63, 3.8) is 0 Å². The maximum atomic E-state index is 12.1. The molecule has 1 spiro atoms. The molecule has 3 saturated heterocycles. The van der Waals surface area contributed by atoms with Crippen molar-refractivity contribution in [2.45, 2.75) is 57.2 Å². The molecular formula is C29H40O9. The Bertz CT molecular complexity index is 999. The molecule has 210 valence electrons. The number of ether oxygens (including phenoxy) is 7. The molecule has 0 aliphatic carbocycles. The molecule has 3 fully saturated rings. The van der Waals surface area contributed by atoms with Crippen LogP contribution in [0.1, 0.15) is 56.4 Å². The van der Waals surface area contributed by atoms with Crippen molar-refractivity contribution in [3.05, 3.63) is 59.7 Å². The van der Waals surface area contributed by atoms with Crippen LogP contribution in [0.15, 0.2) is 48.5 Å². The Balaban J connectivity index is 0.000000206. The largest absolute Gasteiger partial charge is 0.496 e. The molecule has 2 aromatic rings. The number of para-hydroxylation sites is 2. The van der Waals surface area contributed by atoms with Crippen LogP contribution >= 0.6 is 0 Å². The van der Waals surface area contributed by atoms with E-state index >= 15 is 0 Å². The Morgan fingerprint density at radius 2 is 1.53 bits per heavy atom. The minimum atomic E-state index is -0.819. The maximum Gasteiger partial charge on any atom is 0.342 e. The van der Waals surface area contributed by atoms with E-state index in [1.165, 1.54) is 0 Å². The van der Waals surface area contributed by atoms with Gasteiger partial charge in [0.1, 0.15) is 17.6 Å². The second kappa shape index (κ2) is 14.5. The molecule has 2 atom stereocenters. The zero-order chi connectivity index (χ0) is 26.1. The Kier molecular flexibility index (Phi) is 11.4. The molecule has 0 radical (unpaired) electrons. The molecule has 9 nitrogen and oxygen atoms in total. The van der Waals surface area contributed by atoms with Crippen molar-refractivity contribution in [2.75, 3.05) is 47.3 Å². The molecule has 0 aromatic heterocycles. The van der Waals surface area contributed by atoms with E-state index in [0.29, 0.717) is 37.4 Å². The van der Waals surface area contributed by atoms with Gasteiger partial charge in [0.25, 0.3) is 0 Å². The number of hydrogen-bond donors (Lipinski definition) is 1. The van der Waals surface area contributed by atoms with Crippen LogP contribution in [0, 0.1) is 0 Å². The number of aliphatic hydroxyl groups is 1. The average Bonchev–Trinajstić information content (AvgIpc) is 3.27. The highest BCUT2D eigenvalue weighted by Gasteiger charge is 2.50. The van der Waals surface area contributed by atoms with Crippen LogP contribution < -0.4 is 9.47 Å². The summed E-state index contributed by atoms with van der Waals surface area (Å²) >= 11 is 0. The van der Waals surface area contributed by atoms with Crippen molar-refractivity contribution in [1.82, 2.24) is 0 Å². The average molecular weight is 533 g/mol. The van der Waals surface area contributed by atoms with E-state index in [9.17, 15) is 9.90 Å². The number of methoxy groups -OCH3 is 2. The normalized spacial score (nSPS) is 21.4. The van der Waals surface area contributed by atoms with Crippen LogP contribution in [0.4, 0.5) is 0 Å². The molecule has 0 bridgehead atoms. The smallest absolute Gasteiger partial charge is 0.342 e. The summed E-state index contributed by atoms with van der Waals surface area (Å²) in [5.41, 5.74) is 1.60. The molecule has 0 unspecified atom stereocenters. The van der Waals surface area contributed by atoms with Gasteiger partial charge in [0.05, 0.1) is 40.1 Å². The molecule has 3 heterocycles. The molecule has 38 heavy (non-hydrogen) atoms. The summed E-state index contributed by atoms with van der Waals surface area (Å²) in [6.45, 7) is 2.51. The molecule has 3 aliphatic heterocycles. The molecule has 3 aliphatic rings. The number of aliphatic hydroxyl groups excluding tert-OH is 1. The van der Waals surface area contributed by atoms with Crippen molar-refractivity contribution >= 4 is 5.97 Å². The highest BCUT2D eigenvalue weighted by Crippen LogP contribution is 2.42. The third kappa shape index (κ3) is 7.24. The molecule has 9 heteroatoms. The van der Waals surface area contributed by atoms with Gasteiger partial charge < -0.3 is 38.3 Å². The van der Waals surface area contributed by atoms with E-state index < -0.39 is 11.9 Å². The van der Waals surface area contributed by atoms with E-state index in [4.69, 9.17) is 33.2 Å². The van der Waals surface area contributed by atoms with Gasteiger partial charge >= 0.3 is 5.97 Å². The lowest BCUT2D eigenvalue weighted by Gasteiger charge is -2.30. The van der Waals surface area contributed by atoms with E-state index in [2.05, 4.69) is 0 Å². The Labute approximate surface area is 224 Å². The molecular weight excluding hydrogens is 492 g/mol. The fourth-order valence-corrected chi connectivity index (χ4v) is 4.69. The first-order chi connectivity index (χ1) is 18.1. The second-order valence-electron chi connectivity index (χ2n) is 9.04. The summed E-state index contributed by atoms with van der Waals surface area (Å²) in [5, 5.41) is 9.52. The summed E-state index contributed by atoms with van der Waals surface area (Å²) < 4.78 is 38.5. The van der Waals surface area contributed by atoms with Gasteiger partial charge in [-0.15, -0.1) is 0 Å². The molecule has 2 aromatic carbocycles. The van der Waals surface area contributed by atoms with Gasteiger partial charge in [-0.25, -0.2) is 4.79 Å². The second-order valence-corrected chi connectivity index (χ2v) is 9.04. The standard InChI is InChI=1S/C14H16O5.C14H20O4.CH4/c1-16-11-5-3-2-4-10(11)12-13(15)19-14(18-12)6-8-17-9-7-14;1-16-13-5-3-2-4-12(13)14(10-15)18-11-6-8-17-9-7-11;/h2-5,12H,6-9H2,1H3;2-5,11,14-15H,6-10H2,1H3;1H4/t12-;14-;/m10./s1. The van der Waals surface area contributed by atoms with Gasteiger partial charge in [-0.3, -0.25) is 0 Å². The van der Waals surface area contributed by atoms with E-state index in [1.54, 1.807) is 20.3 Å². The van der Waals surface area contributed by atoms with Gasteiger partial charge in [0.2, 0.25) is 5.79 Å². The predicted molar refractivity (Wildman–Crippen MR) is 140 cm³/mol. The molecule has 5 rings (SSSR count). The first kappa shape index (κ1) is 29.9. The van der Waals surface area contributed by atoms with Crippen molar-refractivity contribution < 1.29 is 43.1 Å². The lowest BCUT2D eigenvalue weighted by atomic mass is 10.1. The van der Waals surface area contributed by atoms with Crippen molar-refractivity contribution in [1.29, 1.82) is 0 Å². The van der Waals surface area contributed by atoms with Gasteiger partial charge in [-0.05, 0) is 25.0 Å². The quantitative estimate of drug-likeness (QED) is 0.521. The van der Waals surface area contributed by atoms with E-state index in [-0.39, 0.29) is 32.2 Å². The van der Waals surface area contributed by atoms with Crippen LogP contribution in [0.3, 0.4) is 0 Å². The predicted octanol–water partition coefficient (Wildman–Crippen LogP) is 4.38. The fraction of sp³-hybridized carbons (Fsp3) is 0.552. The number of benzene rings is 2. The zero-order valence-corrected chi connectivity index (χ0v) is 21.4. The fourth-order valence-electron chi connectivity index (χ4n) is 4.69. The third-order valence-electron chi connectivity index (χ3n) is 6.69. The third-order valence-corrected chi connectivity index (χ3v) is 6.69. The number of carbonyl (C=O) groups is 1. The van der Waals surface area contributed by atoms with Crippen molar-refractivity contribution in [2.24, 2.45) is 0 Å². The first-order valence-electron chi connectivity index (χ1n) is 12.7. The molecule has 0 amide bonds. The summed E-state index contributed by atoms with van der Waals surface area (Å²) in [4.78, 5) is 12.1. The van der Waals surface area contributed by atoms with Gasteiger partial charge in [0.15, 0.2) is 6.10 Å². The Morgan fingerprint density at radius 1 is 0.921 bits per heavy atom. The Hall–Kier alpha value is -2.69. The molecule has 0 saturated carbocycles. The number of esters is 1. The van der Waals surface area contributed by atoms with Crippen molar-refractivity contribution in [3.8, 4) is 11.5 Å². The number of rotatable bonds is 7. The lowest BCUT2D eigenvalue weighted by Crippen LogP contribution is -2.37. The van der Waals surface area contributed by atoms with Crippen LogP contribution in [0.2, 0.25) is 0 Å². The maximum absolute atomic E-state index is 12.1.